The number of sulfone groups is 1. The molecule has 0 aliphatic carbocycles. The van der Waals surface area contributed by atoms with Gasteiger partial charge < -0.3 is 0 Å². The Morgan fingerprint density at radius 2 is 1.57 bits per heavy atom. The van der Waals surface area contributed by atoms with Gasteiger partial charge in [0.15, 0.2) is 15.5 Å². The van der Waals surface area contributed by atoms with Crippen molar-refractivity contribution >= 4 is 32.8 Å². The minimum absolute atomic E-state index is 0.0603. The normalized spacial score (nSPS) is 12.8. The average Bonchev–Trinajstić information content (AvgIpc) is 3.40. The van der Waals surface area contributed by atoms with Gasteiger partial charge in [-0.2, -0.15) is 31.4 Å². The minimum Gasteiger partial charge on any atom is -0.230 e. The molecule has 0 unspecified atom stereocenters. The lowest BCUT2D eigenvalue weighted by molar-refractivity contribution is -0.141. The summed E-state index contributed by atoms with van der Waals surface area (Å²) in [5.74, 6) is 0. The van der Waals surface area contributed by atoms with Crippen LogP contribution in [0.3, 0.4) is 0 Å². The number of halogens is 7. The van der Waals surface area contributed by atoms with Gasteiger partial charge in [-0.25, -0.2) is 13.1 Å². The first-order valence-corrected chi connectivity index (χ1v) is 12.7. The van der Waals surface area contributed by atoms with E-state index in [1.807, 2.05) is 0 Å². The SMILES string of the molecule is CS(=O)(=O)c1cccc(-c2ccc(-c3cc(C(F)(F)F)nn3-c3cc(C(F)(F)F)ccc3Cl)s2)c1. The van der Waals surface area contributed by atoms with Gasteiger partial charge in [0.2, 0.25) is 0 Å². The Morgan fingerprint density at radius 3 is 2.20 bits per heavy atom. The summed E-state index contributed by atoms with van der Waals surface area (Å²) in [5, 5.41) is 3.28. The maximum Gasteiger partial charge on any atom is 0.435 e. The first-order valence-electron chi connectivity index (χ1n) is 9.60. The number of aromatic nitrogens is 2. The third-order valence-corrected chi connectivity index (χ3v) is 7.49. The molecule has 0 bridgehead atoms. The van der Waals surface area contributed by atoms with Gasteiger partial charge in [-0.05, 0) is 54.1 Å². The van der Waals surface area contributed by atoms with Crippen molar-refractivity contribution in [3.05, 3.63) is 76.9 Å². The summed E-state index contributed by atoms with van der Waals surface area (Å²) in [5.41, 5.74) is -2.41. The number of nitrogens with zero attached hydrogens (tertiary/aromatic N) is 2. The number of hydrogen-bond acceptors (Lipinski definition) is 4. The Bertz CT molecular complexity index is 1520. The summed E-state index contributed by atoms with van der Waals surface area (Å²) < 4.78 is 105. The van der Waals surface area contributed by atoms with Crippen molar-refractivity contribution in [1.82, 2.24) is 9.78 Å². The molecule has 0 aliphatic rings. The van der Waals surface area contributed by atoms with Gasteiger partial charge in [-0.1, -0.05) is 23.7 Å². The number of benzene rings is 2. The second-order valence-corrected chi connectivity index (χ2v) is 11.0. The molecular formula is C22H13ClF6N2O2S2. The third kappa shape index (κ3) is 5.24. The average molecular weight is 551 g/mol. The highest BCUT2D eigenvalue weighted by Crippen LogP contribution is 2.41. The molecule has 2 aromatic heterocycles. The molecule has 0 saturated heterocycles. The zero-order chi connectivity index (χ0) is 25.8. The van der Waals surface area contributed by atoms with E-state index in [0.717, 1.165) is 40.5 Å². The molecule has 0 amide bonds. The maximum absolute atomic E-state index is 13.5. The van der Waals surface area contributed by atoms with Gasteiger partial charge in [0.1, 0.15) is 0 Å². The van der Waals surface area contributed by atoms with Crippen molar-refractivity contribution in [2.75, 3.05) is 6.26 Å². The maximum atomic E-state index is 13.5. The predicted octanol–water partition coefficient (Wildman–Crippen LogP) is 7.36. The molecule has 13 heteroatoms. The van der Waals surface area contributed by atoms with E-state index in [1.165, 1.54) is 24.3 Å². The highest BCUT2D eigenvalue weighted by atomic mass is 35.5. The van der Waals surface area contributed by atoms with E-state index >= 15 is 0 Å². The van der Waals surface area contributed by atoms with Crippen LogP contribution in [-0.2, 0) is 22.2 Å². The fourth-order valence-electron chi connectivity index (χ4n) is 3.24. The highest BCUT2D eigenvalue weighted by molar-refractivity contribution is 7.90. The summed E-state index contributed by atoms with van der Waals surface area (Å²) in [6.07, 6.45) is -8.57. The zero-order valence-corrected chi connectivity index (χ0v) is 19.8. The molecule has 4 nitrogen and oxygen atoms in total. The van der Waals surface area contributed by atoms with Crippen LogP contribution in [0.15, 0.2) is 65.6 Å². The fourth-order valence-corrected chi connectivity index (χ4v) is 5.11. The van der Waals surface area contributed by atoms with E-state index in [1.54, 1.807) is 12.1 Å². The van der Waals surface area contributed by atoms with Crippen LogP contribution in [0.2, 0.25) is 5.02 Å². The van der Waals surface area contributed by atoms with Gasteiger partial charge in [0.05, 0.1) is 31.7 Å². The van der Waals surface area contributed by atoms with E-state index in [2.05, 4.69) is 5.10 Å². The second-order valence-electron chi connectivity index (χ2n) is 7.45. The largest absolute Gasteiger partial charge is 0.435 e. The van der Waals surface area contributed by atoms with Crippen LogP contribution in [0.4, 0.5) is 26.3 Å². The quantitative estimate of drug-likeness (QED) is 0.249. The van der Waals surface area contributed by atoms with Crippen LogP contribution in [-0.4, -0.2) is 24.5 Å². The standard InChI is InChI=1S/C22H13ClF6N2O2S2/c1-35(32,33)14-4-2-3-12(9-14)18-7-8-19(34-18)17-11-20(22(27,28)29)30-31(17)16-10-13(21(24,25)26)5-6-15(16)23/h2-11H,1H3. The van der Waals surface area contributed by atoms with Crippen molar-refractivity contribution in [3.63, 3.8) is 0 Å². The van der Waals surface area contributed by atoms with E-state index in [4.69, 9.17) is 11.6 Å². The van der Waals surface area contributed by atoms with Gasteiger partial charge in [-0.3, -0.25) is 0 Å². The Kier molecular flexibility index (Phi) is 6.27. The highest BCUT2D eigenvalue weighted by Gasteiger charge is 2.36. The summed E-state index contributed by atoms with van der Waals surface area (Å²) in [6.45, 7) is 0. The number of rotatable bonds is 4. The molecule has 0 N–H and O–H groups in total. The fraction of sp³-hybridized carbons (Fsp3) is 0.136. The molecule has 0 aliphatic heterocycles. The lowest BCUT2D eigenvalue weighted by atomic mass is 10.2. The molecular weight excluding hydrogens is 538 g/mol. The smallest absolute Gasteiger partial charge is 0.230 e. The summed E-state index contributed by atoms with van der Waals surface area (Å²) in [7, 11) is -3.50. The number of alkyl halides is 6. The summed E-state index contributed by atoms with van der Waals surface area (Å²) in [4.78, 5) is 0.841. The lowest BCUT2D eigenvalue weighted by Crippen LogP contribution is -2.09. The molecule has 0 saturated carbocycles. The van der Waals surface area contributed by atoms with Crippen LogP contribution < -0.4 is 0 Å². The van der Waals surface area contributed by atoms with E-state index < -0.39 is 33.4 Å². The Morgan fingerprint density at radius 1 is 0.886 bits per heavy atom. The Hall–Kier alpha value is -2.83. The van der Waals surface area contributed by atoms with E-state index in [-0.39, 0.29) is 26.2 Å². The molecule has 4 aromatic rings. The molecule has 4 rings (SSSR count). The predicted molar refractivity (Wildman–Crippen MR) is 120 cm³/mol. The van der Waals surface area contributed by atoms with E-state index in [9.17, 15) is 34.8 Å². The molecule has 0 spiro atoms. The molecule has 2 heterocycles. The van der Waals surface area contributed by atoms with Gasteiger partial charge >= 0.3 is 12.4 Å². The Balaban J connectivity index is 1.88. The lowest BCUT2D eigenvalue weighted by Gasteiger charge is -2.12. The van der Waals surface area contributed by atoms with Crippen LogP contribution in [0.5, 0.6) is 0 Å². The van der Waals surface area contributed by atoms with Crippen LogP contribution in [0.25, 0.3) is 26.7 Å². The first-order chi connectivity index (χ1) is 16.1. The molecule has 0 radical (unpaired) electrons. The van der Waals surface area contributed by atoms with Crippen LogP contribution >= 0.6 is 22.9 Å². The minimum atomic E-state index is -4.86. The molecule has 0 fully saturated rings. The monoisotopic (exact) mass is 550 g/mol. The topological polar surface area (TPSA) is 52.0 Å². The number of hydrogen-bond donors (Lipinski definition) is 0. The van der Waals surface area contributed by atoms with Gasteiger partial charge in [0, 0.05) is 11.1 Å². The second kappa shape index (κ2) is 8.68. The third-order valence-electron chi connectivity index (χ3n) is 4.91. The Labute approximate surface area is 204 Å². The van der Waals surface area contributed by atoms with Gasteiger partial charge in [-0.15, -0.1) is 11.3 Å². The van der Waals surface area contributed by atoms with Crippen molar-refractivity contribution < 1.29 is 34.8 Å². The molecule has 2 aromatic carbocycles. The molecule has 35 heavy (non-hydrogen) atoms. The molecule has 0 atom stereocenters. The van der Waals surface area contributed by atoms with Crippen LogP contribution in [0.1, 0.15) is 11.3 Å². The van der Waals surface area contributed by atoms with Gasteiger partial charge in [0.25, 0.3) is 0 Å². The summed E-state index contributed by atoms with van der Waals surface area (Å²) >= 11 is 7.08. The van der Waals surface area contributed by atoms with Crippen LogP contribution in [0, 0.1) is 0 Å². The summed E-state index contributed by atoms with van der Waals surface area (Å²) in [6, 6.07) is 12.0. The van der Waals surface area contributed by atoms with E-state index in [0.29, 0.717) is 16.5 Å². The van der Waals surface area contributed by atoms with Crippen molar-refractivity contribution in [2.24, 2.45) is 0 Å². The van der Waals surface area contributed by atoms with Crippen molar-refractivity contribution in [2.45, 2.75) is 17.2 Å². The zero-order valence-electron chi connectivity index (χ0n) is 17.4. The van der Waals surface area contributed by atoms with Crippen molar-refractivity contribution in [3.8, 4) is 26.7 Å². The van der Waals surface area contributed by atoms with Crippen molar-refractivity contribution in [1.29, 1.82) is 0 Å². The number of thiophene rings is 1. The first kappa shape index (κ1) is 25.3. The molecule has 184 valence electrons.